The molecule has 0 saturated heterocycles. The number of benzene rings is 1. The zero-order valence-corrected chi connectivity index (χ0v) is 25.5. The molecular formula is C36H63N2+. The number of imidazole rings is 1. The summed E-state index contributed by atoms with van der Waals surface area (Å²) in [6.07, 6.45) is 36.7. The summed E-state index contributed by atoms with van der Waals surface area (Å²) in [4.78, 5) is 3.65. The third kappa shape index (κ3) is 15.7. The zero-order valence-electron chi connectivity index (χ0n) is 25.5. The highest BCUT2D eigenvalue weighted by Crippen LogP contribution is 2.26. The maximum Gasteiger partial charge on any atom is 0.257 e. The van der Waals surface area contributed by atoms with Gasteiger partial charge in [-0.25, -0.2) is 9.55 Å². The van der Waals surface area contributed by atoms with Crippen molar-refractivity contribution in [3.05, 3.63) is 54.1 Å². The number of aromatic amines is 1. The molecule has 1 atom stereocenters. The molecule has 2 rings (SSSR count). The highest BCUT2D eigenvalue weighted by molar-refractivity contribution is 5.14. The lowest BCUT2D eigenvalue weighted by molar-refractivity contribution is -0.704. The van der Waals surface area contributed by atoms with Crippen LogP contribution in [0, 0.1) is 0 Å². The molecule has 0 aliphatic rings. The van der Waals surface area contributed by atoms with Gasteiger partial charge in [0.15, 0.2) is 0 Å². The predicted octanol–water partition coefficient (Wildman–Crippen LogP) is 11.3. The van der Waals surface area contributed by atoms with Crippen LogP contribution in [-0.2, 0) is 13.0 Å². The van der Waals surface area contributed by atoms with Crippen LogP contribution in [0.15, 0.2) is 42.7 Å². The molecule has 2 aromatic rings. The molecule has 0 fully saturated rings. The molecule has 0 unspecified atom stereocenters. The summed E-state index contributed by atoms with van der Waals surface area (Å²) in [6, 6.07) is 10.9. The van der Waals surface area contributed by atoms with Crippen LogP contribution < -0.4 is 4.57 Å². The first-order valence-electron chi connectivity index (χ1n) is 17.0. The van der Waals surface area contributed by atoms with Crippen molar-refractivity contribution in [1.29, 1.82) is 0 Å². The minimum atomic E-state index is 0.694. The van der Waals surface area contributed by atoms with Crippen LogP contribution in [0.5, 0.6) is 0 Å². The normalized spacial score (nSPS) is 12.3. The molecular weight excluding hydrogens is 460 g/mol. The molecule has 0 aliphatic heterocycles. The van der Waals surface area contributed by atoms with Crippen molar-refractivity contribution in [2.45, 2.75) is 174 Å². The topological polar surface area (TPSA) is 19.7 Å². The average molecular weight is 524 g/mol. The zero-order chi connectivity index (χ0) is 26.9. The second kappa shape index (κ2) is 23.3. The van der Waals surface area contributed by atoms with E-state index in [9.17, 15) is 0 Å². The van der Waals surface area contributed by atoms with E-state index in [0.717, 1.165) is 13.0 Å². The summed E-state index contributed by atoms with van der Waals surface area (Å²) >= 11 is 0. The molecule has 0 aliphatic carbocycles. The van der Waals surface area contributed by atoms with Gasteiger partial charge >= 0.3 is 0 Å². The minimum Gasteiger partial charge on any atom is -0.247 e. The SMILES string of the molecule is CCCCCCCCCCCCCCCCCC[C@H](CCCCC)c1[nH]cc[n+]1CCCc1ccccc1. The summed E-state index contributed by atoms with van der Waals surface area (Å²) in [5.41, 5.74) is 1.46. The van der Waals surface area contributed by atoms with E-state index < -0.39 is 0 Å². The highest BCUT2D eigenvalue weighted by atomic mass is 15.1. The summed E-state index contributed by atoms with van der Waals surface area (Å²) in [5.74, 6) is 2.18. The Labute approximate surface area is 237 Å². The van der Waals surface area contributed by atoms with Crippen molar-refractivity contribution in [2.75, 3.05) is 0 Å². The Morgan fingerprint density at radius 2 is 1.05 bits per heavy atom. The first-order valence-corrected chi connectivity index (χ1v) is 17.0. The van der Waals surface area contributed by atoms with E-state index in [1.807, 2.05) is 0 Å². The Kier molecular flexibility index (Phi) is 20.0. The number of rotatable bonds is 26. The number of H-pyrrole nitrogens is 1. The average Bonchev–Trinajstić information content (AvgIpc) is 3.41. The van der Waals surface area contributed by atoms with Gasteiger partial charge in [-0.1, -0.05) is 166 Å². The van der Waals surface area contributed by atoms with Crippen LogP contribution in [0.25, 0.3) is 0 Å². The lowest BCUT2D eigenvalue weighted by Crippen LogP contribution is -2.37. The quantitative estimate of drug-likeness (QED) is 0.0934. The number of hydrogen-bond donors (Lipinski definition) is 1. The second-order valence-electron chi connectivity index (χ2n) is 11.9. The molecule has 0 amide bonds. The molecule has 1 aromatic heterocycles. The number of unbranched alkanes of at least 4 members (excludes halogenated alkanes) is 17. The molecule has 1 aromatic carbocycles. The lowest BCUT2D eigenvalue weighted by Gasteiger charge is -2.14. The Morgan fingerprint density at radius 3 is 1.61 bits per heavy atom. The maximum absolute atomic E-state index is 3.65. The molecule has 2 heteroatoms. The number of aromatic nitrogens is 2. The number of aryl methyl sites for hydroxylation is 2. The third-order valence-corrected chi connectivity index (χ3v) is 8.45. The monoisotopic (exact) mass is 523 g/mol. The van der Waals surface area contributed by atoms with Gasteiger partial charge in [-0.15, -0.1) is 0 Å². The largest absolute Gasteiger partial charge is 0.257 e. The van der Waals surface area contributed by atoms with Gasteiger partial charge in [-0.3, -0.25) is 0 Å². The van der Waals surface area contributed by atoms with Crippen molar-refractivity contribution in [2.24, 2.45) is 0 Å². The fraction of sp³-hybridized carbons (Fsp3) is 0.750. The summed E-state index contributed by atoms with van der Waals surface area (Å²) in [6.45, 7) is 5.75. The van der Waals surface area contributed by atoms with Gasteiger partial charge in [-0.2, -0.15) is 0 Å². The van der Waals surface area contributed by atoms with E-state index in [-0.39, 0.29) is 0 Å². The predicted molar refractivity (Wildman–Crippen MR) is 167 cm³/mol. The molecule has 0 saturated carbocycles. The van der Waals surface area contributed by atoms with Gasteiger partial charge in [0, 0.05) is 0 Å². The van der Waals surface area contributed by atoms with Gasteiger partial charge in [0.25, 0.3) is 5.82 Å². The van der Waals surface area contributed by atoms with E-state index in [1.165, 1.54) is 153 Å². The van der Waals surface area contributed by atoms with Crippen LogP contribution in [0.4, 0.5) is 0 Å². The fourth-order valence-corrected chi connectivity index (χ4v) is 6.02. The van der Waals surface area contributed by atoms with Crippen molar-refractivity contribution >= 4 is 0 Å². The van der Waals surface area contributed by atoms with E-state index in [0.29, 0.717) is 5.92 Å². The van der Waals surface area contributed by atoms with Gasteiger partial charge < -0.3 is 0 Å². The third-order valence-electron chi connectivity index (χ3n) is 8.45. The molecule has 0 spiro atoms. The summed E-state index contributed by atoms with van der Waals surface area (Å²) in [7, 11) is 0. The Hall–Kier alpha value is -1.57. The Balaban J connectivity index is 1.56. The summed E-state index contributed by atoms with van der Waals surface area (Å²) < 4.78 is 2.52. The van der Waals surface area contributed by atoms with E-state index in [4.69, 9.17) is 0 Å². The first-order chi connectivity index (χ1) is 18.8. The fourth-order valence-electron chi connectivity index (χ4n) is 6.02. The Bertz CT molecular complexity index is 750. The molecule has 1 heterocycles. The highest BCUT2D eigenvalue weighted by Gasteiger charge is 2.22. The van der Waals surface area contributed by atoms with E-state index in [2.05, 4.69) is 66.1 Å². The lowest BCUT2D eigenvalue weighted by atomic mass is 9.93. The smallest absolute Gasteiger partial charge is 0.247 e. The Morgan fingerprint density at radius 1 is 0.579 bits per heavy atom. The van der Waals surface area contributed by atoms with Gasteiger partial charge in [0.1, 0.15) is 12.4 Å². The number of nitrogens with one attached hydrogen (secondary N) is 1. The van der Waals surface area contributed by atoms with Gasteiger partial charge in [0.2, 0.25) is 0 Å². The number of hydrogen-bond acceptors (Lipinski definition) is 0. The van der Waals surface area contributed by atoms with Crippen LogP contribution in [0.2, 0.25) is 0 Å². The van der Waals surface area contributed by atoms with Crippen molar-refractivity contribution in [3.8, 4) is 0 Å². The summed E-state index contributed by atoms with van der Waals surface area (Å²) in [5, 5.41) is 0. The van der Waals surface area contributed by atoms with Crippen molar-refractivity contribution in [1.82, 2.24) is 4.98 Å². The van der Waals surface area contributed by atoms with Gasteiger partial charge in [-0.05, 0) is 31.2 Å². The van der Waals surface area contributed by atoms with E-state index in [1.54, 1.807) is 0 Å². The van der Waals surface area contributed by atoms with Crippen molar-refractivity contribution < 1.29 is 4.57 Å². The van der Waals surface area contributed by atoms with Crippen molar-refractivity contribution in [3.63, 3.8) is 0 Å². The maximum atomic E-state index is 3.65. The van der Waals surface area contributed by atoms with E-state index >= 15 is 0 Å². The van der Waals surface area contributed by atoms with Crippen LogP contribution in [0.1, 0.15) is 172 Å². The van der Waals surface area contributed by atoms with Crippen LogP contribution >= 0.6 is 0 Å². The molecule has 216 valence electrons. The standard InChI is InChI=1S/C36H62N2/c1-3-5-7-8-9-10-11-12-13-14-15-16-17-18-19-24-30-35(29-21-6-4-2)36-37-31-33-38(36)32-25-28-34-26-22-20-23-27-34/h20,22-23,26-27,31,33,35H,3-19,21,24-25,28-30,32H2,1-2H3/p+1/t35-/m0/s1. The molecule has 1 N–H and O–H groups in total. The van der Waals surface area contributed by atoms with Crippen LogP contribution in [-0.4, -0.2) is 4.98 Å². The number of nitrogens with zero attached hydrogens (tertiary/aromatic N) is 1. The molecule has 0 bridgehead atoms. The molecule has 38 heavy (non-hydrogen) atoms. The molecule has 2 nitrogen and oxygen atoms in total. The minimum absolute atomic E-state index is 0.694. The first kappa shape index (κ1) is 32.6. The molecule has 0 radical (unpaired) electrons. The second-order valence-corrected chi connectivity index (χ2v) is 11.9. The van der Waals surface area contributed by atoms with Gasteiger partial charge in [0.05, 0.1) is 12.5 Å². The van der Waals surface area contributed by atoms with Crippen LogP contribution in [0.3, 0.4) is 0 Å².